The summed E-state index contributed by atoms with van der Waals surface area (Å²) in [4.78, 5) is 6.03. The lowest BCUT2D eigenvalue weighted by atomic mass is 9.92. The quantitative estimate of drug-likeness (QED) is 0.886. The molecule has 0 spiro atoms. The first-order valence-corrected chi connectivity index (χ1v) is 8.36. The molecule has 0 aliphatic carbocycles. The molecule has 0 bridgehead atoms. The Labute approximate surface area is 118 Å². The van der Waals surface area contributed by atoms with E-state index in [1.807, 2.05) is 23.1 Å². The summed E-state index contributed by atoms with van der Waals surface area (Å²) in [6, 6.07) is 4.34. The summed E-state index contributed by atoms with van der Waals surface area (Å²) in [6.07, 6.45) is 2.52. The van der Waals surface area contributed by atoms with Crippen molar-refractivity contribution in [3.63, 3.8) is 0 Å². The van der Waals surface area contributed by atoms with Crippen LogP contribution >= 0.6 is 23.1 Å². The van der Waals surface area contributed by atoms with E-state index in [1.54, 1.807) is 0 Å². The molecule has 0 fully saturated rings. The lowest BCUT2D eigenvalue weighted by Gasteiger charge is -2.24. The van der Waals surface area contributed by atoms with Gasteiger partial charge in [0.05, 0.1) is 6.54 Å². The Morgan fingerprint density at radius 3 is 3.00 bits per heavy atom. The molecule has 1 aliphatic heterocycles. The molecule has 1 aromatic rings. The molecule has 1 atom stereocenters. The number of rotatable bonds is 5. The standard InChI is InChI=1S/C14H22N2S2/c1-4-6-11-9-15-13(18-11)16-10-14(2,3)12-7-5-8-17-12/h5,7-8,11H,4,6,9-10H2,1-3H3,(H,15,16). The monoisotopic (exact) mass is 282 g/mol. The largest absolute Gasteiger partial charge is 0.364 e. The van der Waals surface area contributed by atoms with Crippen LogP contribution in [-0.2, 0) is 5.41 Å². The van der Waals surface area contributed by atoms with Crippen LogP contribution < -0.4 is 5.32 Å². The third kappa shape index (κ3) is 3.51. The van der Waals surface area contributed by atoms with E-state index in [-0.39, 0.29) is 5.41 Å². The number of hydrogen-bond donors (Lipinski definition) is 1. The number of hydrogen-bond acceptors (Lipinski definition) is 4. The van der Waals surface area contributed by atoms with Gasteiger partial charge in [0.15, 0.2) is 5.17 Å². The molecule has 2 rings (SSSR count). The minimum atomic E-state index is 0.181. The highest BCUT2D eigenvalue weighted by molar-refractivity contribution is 8.14. The molecule has 0 saturated carbocycles. The third-order valence-electron chi connectivity index (χ3n) is 3.20. The van der Waals surface area contributed by atoms with Gasteiger partial charge in [-0.05, 0) is 17.9 Å². The van der Waals surface area contributed by atoms with Crippen molar-refractivity contribution in [2.75, 3.05) is 13.1 Å². The van der Waals surface area contributed by atoms with Crippen molar-refractivity contribution in [2.24, 2.45) is 4.99 Å². The van der Waals surface area contributed by atoms with E-state index in [4.69, 9.17) is 0 Å². The van der Waals surface area contributed by atoms with E-state index in [0.717, 1.165) is 18.3 Å². The van der Waals surface area contributed by atoms with E-state index in [2.05, 4.69) is 48.6 Å². The Balaban J connectivity index is 1.82. The van der Waals surface area contributed by atoms with E-state index in [9.17, 15) is 0 Å². The maximum Gasteiger partial charge on any atom is 0.156 e. The lowest BCUT2D eigenvalue weighted by Crippen LogP contribution is -2.34. The average Bonchev–Trinajstić information content (AvgIpc) is 2.98. The molecule has 1 aliphatic rings. The first-order chi connectivity index (χ1) is 8.62. The molecule has 1 unspecified atom stereocenters. The molecule has 1 N–H and O–H groups in total. The zero-order valence-corrected chi connectivity index (χ0v) is 13.0. The van der Waals surface area contributed by atoms with Gasteiger partial charge < -0.3 is 5.32 Å². The van der Waals surface area contributed by atoms with Crippen LogP contribution in [0.25, 0.3) is 0 Å². The highest BCUT2D eigenvalue weighted by Gasteiger charge is 2.24. The van der Waals surface area contributed by atoms with Gasteiger partial charge in [0.2, 0.25) is 0 Å². The van der Waals surface area contributed by atoms with Crippen molar-refractivity contribution in [1.82, 2.24) is 5.32 Å². The molecule has 2 heterocycles. The van der Waals surface area contributed by atoms with E-state index in [0.29, 0.717) is 5.25 Å². The van der Waals surface area contributed by atoms with Crippen LogP contribution in [0.5, 0.6) is 0 Å². The first kappa shape index (κ1) is 13.9. The average molecular weight is 282 g/mol. The lowest BCUT2D eigenvalue weighted by molar-refractivity contribution is 0.525. The van der Waals surface area contributed by atoms with Crippen LogP contribution in [0.15, 0.2) is 22.5 Å². The van der Waals surface area contributed by atoms with Gasteiger partial charge in [0, 0.05) is 22.1 Å². The molecule has 0 radical (unpaired) electrons. The van der Waals surface area contributed by atoms with Crippen molar-refractivity contribution in [3.8, 4) is 0 Å². The van der Waals surface area contributed by atoms with Gasteiger partial charge in [-0.2, -0.15) is 0 Å². The molecule has 18 heavy (non-hydrogen) atoms. The highest BCUT2D eigenvalue weighted by atomic mass is 32.2. The molecule has 0 aromatic carbocycles. The SMILES string of the molecule is CCCC1CN=C(NCC(C)(C)c2cccs2)S1. The van der Waals surface area contributed by atoms with Gasteiger partial charge in [0.25, 0.3) is 0 Å². The second kappa shape index (κ2) is 6.11. The van der Waals surface area contributed by atoms with E-state index in [1.165, 1.54) is 17.7 Å². The zero-order valence-electron chi connectivity index (χ0n) is 11.4. The van der Waals surface area contributed by atoms with E-state index < -0.39 is 0 Å². The normalized spacial score (nSPS) is 19.9. The predicted octanol–water partition coefficient (Wildman–Crippen LogP) is 3.89. The van der Waals surface area contributed by atoms with Crippen molar-refractivity contribution < 1.29 is 0 Å². The van der Waals surface area contributed by atoms with Gasteiger partial charge in [-0.3, -0.25) is 4.99 Å². The summed E-state index contributed by atoms with van der Waals surface area (Å²) < 4.78 is 0. The third-order valence-corrected chi connectivity index (χ3v) is 5.65. The maximum atomic E-state index is 4.59. The highest BCUT2D eigenvalue weighted by Crippen LogP contribution is 2.28. The summed E-state index contributed by atoms with van der Waals surface area (Å²) in [5.41, 5.74) is 0.181. The van der Waals surface area contributed by atoms with Crippen LogP contribution in [0.3, 0.4) is 0 Å². The van der Waals surface area contributed by atoms with Crippen LogP contribution in [-0.4, -0.2) is 23.5 Å². The van der Waals surface area contributed by atoms with Crippen molar-refractivity contribution in [2.45, 2.75) is 44.3 Å². The molecule has 0 saturated heterocycles. The number of thioether (sulfide) groups is 1. The first-order valence-electron chi connectivity index (χ1n) is 6.61. The Kier molecular flexibility index (Phi) is 4.73. The fourth-order valence-corrected chi connectivity index (χ4v) is 4.01. The fraction of sp³-hybridized carbons (Fsp3) is 0.643. The van der Waals surface area contributed by atoms with Gasteiger partial charge in [0.1, 0.15) is 0 Å². The minimum absolute atomic E-state index is 0.181. The molecule has 100 valence electrons. The maximum absolute atomic E-state index is 4.59. The number of thiophene rings is 1. The smallest absolute Gasteiger partial charge is 0.156 e. The van der Waals surface area contributed by atoms with E-state index >= 15 is 0 Å². The summed E-state index contributed by atoms with van der Waals surface area (Å²) >= 11 is 3.75. The van der Waals surface area contributed by atoms with Crippen molar-refractivity contribution in [1.29, 1.82) is 0 Å². The Bertz CT molecular complexity index is 396. The second-order valence-electron chi connectivity index (χ2n) is 5.39. The minimum Gasteiger partial charge on any atom is -0.364 e. The summed E-state index contributed by atoms with van der Waals surface area (Å²) in [5.74, 6) is 0. The topological polar surface area (TPSA) is 24.4 Å². The number of amidine groups is 1. The molecular weight excluding hydrogens is 260 g/mol. The molecule has 0 amide bonds. The number of aliphatic imine (C=N–C) groups is 1. The Hall–Kier alpha value is -0.480. The van der Waals surface area contributed by atoms with Crippen molar-refractivity contribution >= 4 is 28.3 Å². The summed E-state index contributed by atoms with van der Waals surface area (Å²) in [5, 5.41) is 7.50. The Morgan fingerprint density at radius 1 is 1.50 bits per heavy atom. The van der Waals surface area contributed by atoms with Crippen LogP contribution in [0.1, 0.15) is 38.5 Å². The van der Waals surface area contributed by atoms with Gasteiger partial charge in [-0.15, -0.1) is 11.3 Å². The van der Waals surface area contributed by atoms with Gasteiger partial charge in [-0.1, -0.05) is 45.0 Å². The van der Waals surface area contributed by atoms with Crippen LogP contribution in [0, 0.1) is 0 Å². The number of nitrogens with one attached hydrogen (secondary N) is 1. The van der Waals surface area contributed by atoms with Gasteiger partial charge in [-0.25, -0.2) is 0 Å². The van der Waals surface area contributed by atoms with Crippen LogP contribution in [0.2, 0.25) is 0 Å². The summed E-state index contributed by atoms with van der Waals surface area (Å²) in [7, 11) is 0. The molecule has 4 heteroatoms. The summed E-state index contributed by atoms with van der Waals surface area (Å²) in [6.45, 7) is 8.76. The molecule has 2 nitrogen and oxygen atoms in total. The molecular formula is C14H22N2S2. The fourth-order valence-electron chi connectivity index (χ4n) is 2.03. The van der Waals surface area contributed by atoms with Crippen molar-refractivity contribution in [3.05, 3.63) is 22.4 Å². The van der Waals surface area contributed by atoms with Crippen LogP contribution in [0.4, 0.5) is 0 Å². The Morgan fingerprint density at radius 2 is 2.33 bits per heavy atom. The number of nitrogens with zero attached hydrogens (tertiary/aromatic N) is 1. The zero-order chi connectivity index (χ0) is 13.0. The molecule has 1 aromatic heterocycles. The second-order valence-corrected chi connectivity index (χ2v) is 7.63. The predicted molar refractivity (Wildman–Crippen MR) is 83.9 cm³/mol. The van der Waals surface area contributed by atoms with Gasteiger partial charge >= 0.3 is 0 Å².